The minimum absolute atomic E-state index is 0.0778. The Kier molecular flexibility index (Phi) is 15.3. The number of nitrogens with one attached hydrogen (secondary N) is 4. The normalized spacial score (nSPS) is 16.9. The molecular weight excluding hydrogens is 702 g/mol. The highest BCUT2D eigenvalue weighted by Gasteiger charge is 2.32. The number of aliphatic carboxylic acids is 1. The van der Waals surface area contributed by atoms with Gasteiger partial charge in [0, 0.05) is 37.6 Å². The molecule has 294 valence electrons. The number of fused-ring (bicyclic) bond motifs is 5. The van der Waals surface area contributed by atoms with E-state index in [1.54, 1.807) is 6.92 Å². The maximum absolute atomic E-state index is 13.6. The van der Waals surface area contributed by atoms with E-state index in [0.717, 1.165) is 4.90 Å². The summed E-state index contributed by atoms with van der Waals surface area (Å²) in [5, 5.41) is 40.9. The number of hydrogen-bond donors (Lipinski definition) is 8. The first kappa shape index (κ1) is 42.7. The molecule has 1 aliphatic heterocycles. The summed E-state index contributed by atoms with van der Waals surface area (Å²) in [6.45, 7) is 4.33. The smallest absolute Gasteiger partial charge is 0.326 e. The van der Waals surface area contributed by atoms with E-state index in [0.29, 0.717) is 24.9 Å². The van der Waals surface area contributed by atoms with E-state index < -0.39 is 73.3 Å². The van der Waals surface area contributed by atoms with Crippen molar-refractivity contribution in [2.24, 2.45) is 17.6 Å². The van der Waals surface area contributed by atoms with Gasteiger partial charge in [0.1, 0.15) is 29.6 Å². The molecule has 17 nitrogen and oxygen atoms in total. The molecule has 0 aromatic heterocycles. The fraction of sp³-hybridized carbons (Fsp3) is 0.486. The molecule has 1 heterocycles. The number of aromatic hydroxyl groups is 2. The maximum atomic E-state index is 13.6. The monoisotopic (exact) mass is 753 g/mol. The molecule has 2 aromatic carbocycles. The van der Waals surface area contributed by atoms with Crippen LogP contribution < -0.4 is 27.0 Å². The Balaban J connectivity index is 1.79. The summed E-state index contributed by atoms with van der Waals surface area (Å²) in [5.74, 6) is -5.85. The summed E-state index contributed by atoms with van der Waals surface area (Å²) in [5.41, 5.74) is 6.43. The van der Waals surface area contributed by atoms with Gasteiger partial charge in [-0.3, -0.25) is 28.8 Å². The van der Waals surface area contributed by atoms with E-state index >= 15 is 0 Å². The van der Waals surface area contributed by atoms with Crippen molar-refractivity contribution in [2.45, 2.75) is 64.6 Å². The van der Waals surface area contributed by atoms with Crippen LogP contribution in [0.5, 0.6) is 11.5 Å². The molecular formula is C37H51N7O10. The average molecular weight is 754 g/mol. The van der Waals surface area contributed by atoms with Gasteiger partial charge in [0.2, 0.25) is 35.4 Å². The van der Waals surface area contributed by atoms with Crippen molar-refractivity contribution in [3.8, 4) is 22.6 Å². The number of nitrogens with two attached hydrogens (primary N) is 1. The first-order chi connectivity index (χ1) is 25.4. The van der Waals surface area contributed by atoms with Crippen molar-refractivity contribution < 1.29 is 48.9 Å². The van der Waals surface area contributed by atoms with Gasteiger partial charge >= 0.3 is 5.97 Å². The second-order valence-electron chi connectivity index (χ2n) is 13.8. The van der Waals surface area contributed by atoms with E-state index in [2.05, 4.69) is 21.3 Å². The Morgan fingerprint density at radius 1 is 0.944 bits per heavy atom. The molecule has 1 aliphatic rings. The quantitative estimate of drug-likeness (QED) is 0.127. The van der Waals surface area contributed by atoms with E-state index in [1.807, 2.05) is 13.8 Å². The van der Waals surface area contributed by atoms with Crippen molar-refractivity contribution in [1.82, 2.24) is 31.1 Å². The standard InChI is InChI=1S/C37H51N7O10/c1-20(2)13-21(3)36(52)43(4)27(7-6-12-38)34(50)40-17-30(47)39-19-32(49)44(5)33-23-9-11-29(46)25(16-23)24-14-22(8-10-28(24)45)15-26(37(53)54)42-31(48)18-41-35(33)51/h8-11,14,16,20-21,26-27,33,45-46H,6-7,12-13,15,17-19,38H2,1-5H3,(H,39,47)(H,40,50)(H,41,51)(H,42,48)(H,53,54). The third-order valence-corrected chi connectivity index (χ3v) is 9.12. The van der Waals surface area contributed by atoms with Crippen LogP contribution >= 0.6 is 0 Å². The molecule has 0 saturated carbocycles. The van der Waals surface area contributed by atoms with Gasteiger partial charge in [-0.1, -0.05) is 32.9 Å². The Morgan fingerprint density at radius 2 is 1.59 bits per heavy atom. The number of likely N-dealkylation sites (N-methyl/N-ethyl adjacent to an activating group) is 2. The second kappa shape index (κ2) is 19.4. The number of benzene rings is 2. The zero-order chi connectivity index (χ0) is 40.3. The van der Waals surface area contributed by atoms with Gasteiger partial charge in [0.25, 0.3) is 0 Å². The predicted molar refractivity (Wildman–Crippen MR) is 196 cm³/mol. The Labute approximate surface area is 313 Å². The molecule has 0 fully saturated rings. The number of phenolic OH excluding ortho intramolecular Hbond substituents is 2. The number of rotatable bonds is 14. The molecule has 17 heteroatoms. The number of carbonyl (C=O) groups is 7. The Hall–Kier alpha value is -5.71. The third kappa shape index (κ3) is 11.4. The van der Waals surface area contributed by atoms with Crippen molar-refractivity contribution >= 4 is 41.4 Å². The van der Waals surface area contributed by atoms with Crippen molar-refractivity contribution in [3.05, 3.63) is 47.5 Å². The van der Waals surface area contributed by atoms with Crippen molar-refractivity contribution in [1.29, 1.82) is 0 Å². The van der Waals surface area contributed by atoms with Crippen LogP contribution in [0.25, 0.3) is 11.1 Å². The van der Waals surface area contributed by atoms with E-state index in [9.17, 15) is 48.9 Å². The van der Waals surface area contributed by atoms with Crippen LogP contribution in [-0.4, -0.2) is 119 Å². The molecule has 3 rings (SSSR count). The van der Waals surface area contributed by atoms with Gasteiger partial charge in [-0.25, -0.2) is 4.79 Å². The summed E-state index contributed by atoms with van der Waals surface area (Å²) < 4.78 is 0. The van der Waals surface area contributed by atoms with Crippen molar-refractivity contribution in [2.75, 3.05) is 40.3 Å². The molecule has 2 aromatic rings. The highest BCUT2D eigenvalue weighted by atomic mass is 16.4. The van der Waals surface area contributed by atoms with Crippen LogP contribution in [0.3, 0.4) is 0 Å². The largest absolute Gasteiger partial charge is 0.507 e. The first-order valence-corrected chi connectivity index (χ1v) is 17.7. The molecule has 0 spiro atoms. The molecule has 6 amide bonds. The number of carboxylic acid groups (broad SMARTS) is 1. The minimum atomic E-state index is -1.43. The maximum Gasteiger partial charge on any atom is 0.326 e. The van der Waals surface area contributed by atoms with Gasteiger partial charge in [-0.2, -0.15) is 0 Å². The highest BCUT2D eigenvalue weighted by Crippen LogP contribution is 2.38. The topological polar surface area (TPSA) is 261 Å². The van der Waals surface area contributed by atoms with Crippen LogP contribution in [0.15, 0.2) is 36.4 Å². The number of phenols is 2. The number of amides is 6. The molecule has 54 heavy (non-hydrogen) atoms. The van der Waals surface area contributed by atoms with Gasteiger partial charge in [0.15, 0.2) is 0 Å². The van der Waals surface area contributed by atoms with Crippen LogP contribution in [-0.2, 0) is 40.0 Å². The van der Waals surface area contributed by atoms with Gasteiger partial charge in [-0.15, -0.1) is 0 Å². The average Bonchev–Trinajstić information content (AvgIpc) is 3.12. The Morgan fingerprint density at radius 3 is 2.22 bits per heavy atom. The van der Waals surface area contributed by atoms with Gasteiger partial charge < -0.3 is 52.1 Å². The molecule has 9 N–H and O–H groups in total. The third-order valence-electron chi connectivity index (χ3n) is 9.12. The zero-order valence-electron chi connectivity index (χ0n) is 31.2. The fourth-order valence-corrected chi connectivity index (χ4v) is 6.27. The van der Waals surface area contributed by atoms with Crippen LogP contribution in [0.1, 0.15) is 57.2 Å². The van der Waals surface area contributed by atoms with Crippen LogP contribution in [0, 0.1) is 11.8 Å². The lowest BCUT2D eigenvalue weighted by Crippen LogP contribution is -2.52. The first-order valence-electron chi connectivity index (χ1n) is 17.7. The lowest BCUT2D eigenvalue weighted by molar-refractivity contribution is -0.142. The molecule has 0 radical (unpaired) electrons. The summed E-state index contributed by atoms with van der Waals surface area (Å²) in [6, 6.07) is 4.55. The lowest BCUT2D eigenvalue weighted by Gasteiger charge is -2.30. The Bertz CT molecular complexity index is 1730. The van der Waals surface area contributed by atoms with Crippen LogP contribution in [0.2, 0.25) is 0 Å². The summed E-state index contributed by atoms with van der Waals surface area (Å²) in [6.07, 6.45) is 1.20. The van der Waals surface area contributed by atoms with Gasteiger partial charge in [0.05, 0.1) is 19.6 Å². The lowest BCUT2D eigenvalue weighted by atomic mass is 9.94. The van der Waals surface area contributed by atoms with E-state index in [4.69, 9.17) is 5.73 Å². The SMILES string of the molecule is CC(C)CC(C)C(=O)N(C)C(CCCN)C(=O)NCC(=O)NCC(=O)N(C)C1C(=O)NCC(=O)NC(C(=O)O)Cc2ccc(O)c(c2)-c2cc1ccc2O. The molecule has 4 atom stereocenters. The number of carboxylic acids is 1. The molecule has 4 bridgehead atoms. The number of carbonyl (C=O) groups excluding carboxylic acids is 6. The van der Waals surface area contributed by atoms with Crippen LogP contribution in [0.4, 0.5) is 0 Å². The summed E-state index contributed by atoms with van der Waals surface area (Å²) in [7, 11) is 2.82. The molecule has 4 unspecified atom stereocenters. The second-order valence-corrected chi connectivity index (χ2v) is 13.8. The van der Waals surface area contributed by atoms with E-state index in [-0.39, 0.29) is 58.8 Å². The molecule has 0 aliphatic carbocycles. The van der Waals surface area contributed by atoms with E-state index in [1.165, 1.54) is 55.4 Å². The fourth-order valence-electron chi connectivity index (χ4n) is 6.27. The van der Waals surface area contributed by atoms with Gasteiger partial charge in [-0.05, 0) is 67.1 Å². The number of hydrogen-bond acceptors (Lipinski definition) is 10. The summed E-state index contributed by atoms with van der Waals surface area (Å²) >= 11 is 0. The number of nitrogens with zero attached hydrogens (tertiary/aromatic N) is 2. The molecule has 0 saturated heterocycles. The zero-order valence-corrected chi connectivity index (χ0v) is 31.2. The predicted octanol–water partition coefficient (Wildman–Crippen LogP) is -0.0135. The van der Waals surface area contributed by atoms with Crippen molar-refractivity contribution in [3.63, 3.8) is 0 Å². The summed E-state index contributed by atoms with van der Waals surface area (Å²) in [4.78, 5) is 93.0. The minimum Gasteiger partial charge on any atom is -0.507 e. The highest BCUT2D eigenvalue weighted by molar-refractivity contribution is 5.95.